The van der Waals surface area contributed by atoms with Gasteiger partial charge in [0.1, 0.15) is 17.2 Å². The van der Waals surface area contributed by atoms with Crippen LogP contribution in [0.2, 0.25) is 0 Å². The first kappa shape index (κ1) is 21.0. The highest BCUT2D eigenvalue weighted by atomic mass is 19.2. The van der Waals surface area contributed by atoms with Crippen LogP contribution < -0.4 is 17.2 Å². The van der Waals surface area contributed by atoms with E-state index in [4.69, 9.17) is 21.9 Å². The molecule has 32 heavy (non-hydrogen) atoms. The molecule has 1 unspecified atom stereocenters. The molecule has 1 aliphatic rings. The smallest absolute Gasteiger partial charge is 0.403 e. The van der Waals surface area contributed by atoms with Gasteiger partial charge >= 0.3 is 6.09 Å². The van der Waals surface area contributed by atoms with Crippen LogP contribution in [-0.2, 0) is 11.2 Å². The normalized spacial score (nSPS) is 16.4. The standard InChI is InChI=1S/C19H17F3N8O2/c1-29-17(24)15(32-18(25)31)16(23)27-19(29)30-12-3-2-6-26-14(12)11(28-30)7-8-9(20)4-5-10(21)13(8)22/h2-6,19H,7,24H2,1H3,(H2,23,27)(H2,25,31). The molecule has 1 atom stereocenters. The third kappa shape index (κ3) is 3.42. The molecule has 2 aromatic heterocycles. The Kier molecular flexibility index (Phi) is 5.08. The summed E-state index contributed by atoms with van der Waals surface area (Å²) in [5.41, 5.74) is 17.4. The topological polar surface area (TPSA) is 151 Å². The van der Waals surface area contributed by atoms with Crippen LogP contribution in [0.5, 0.6) is 0 Å². The van der Waals surface area contributed by atoms with Crippen molar-refractivity contribution in [3.05, 3.63) is 70.8 Å². The van der Waals surface area contributed by atoms with Crippen molar-refractivity contribution >= 4 is 23.0 Å². The molecule has 1 aromatic carbocycles. The zero-order valence-electron chi connectivity index (χ0n) is 16.6. The molecule has 0 bridgehead atoms. The van der Waals surface area contributed by atoms with E-state index in [2.05, 4.69) is 15.1 Å². The Morgan fingerprint density at radius 3 is 2.62 bits per heavy atom. The Morgan fingerprint density at radius 1 is 1.19 bits per heavy atom. The van der Waals surface area contributed by atoms with E-state index in [0.29, 0.717) is 17.1 Å². The Morgan fingerprint density at radius 2 is 1.91 bits per heavy atom. The predicted octanol–water partition coefficient (Wildman–Crippen LogP) is 1.42. The van der Waals surface area contributed by atoms with E-state index in [0.717, 1.165) is 6.07 Å². The maximum Gasteiger partial charge on any atom is 0.410 e. The fourth-order valence-corrected chi connectivity index (χ4v) is 3.34. The third-order valence-electron chi connectivity index (χ3n) is 4.89. The number of benzene rings is 1. The van der Waals surface area contributed by atoms with E-state index in [9.17, 15) is 18.0 Å². The van der Waals surface area contributed by atoms with Crippen molar-refractivity contribution in [1.29, 1.82) is 0 Å². The summed E-state index contributed by atoms with van der Waals surface area (Å²) in [6.45, 7) is 0. The van der Waals surface area contributed by atoms with Gasteiger partial charge < -0.3 is 26.8 Å². The predicted molar refractivity (Wildman–Crippen MR) is 107 cm³/mol. The Hall–Kier alpha value is -4.29. The number of ether oxygens (including phenoxy) is 1. The van der Waals surface area contributed by atoms with Gasteiger partial charge in [0.15, 0.2) is 17.5 Å². The van der Waals surface area contributed by atoms with Crippen molar-refractivity contribution in [2.24, 2.45) is 22.2 Å². The highest BCUT2D eigenvalue weighted by molar-refractivity contribution is 5.98. The molecule has 166 valence electrons. The molecule has 0 aliphatic carbocycles. The molecule has 6 N–H and O–H groups in total. The van der Waals surface area contributed by atoms with Gasteiger partial charge in [-0.15, -0.1) is 0 Å². The maximum atomic E-state index is 14.2. The van der Waals surface area contributed by atoms with Gasteiger partial charge in [0.25, 0.3) is 0 Å². The summed E-state index contributed by atoms with van der Waals surface area (Å²) in [6, 6.07) is 4.83. The first-order valence-electron chi connectivity index (χ1n) is 9.17. The number of fused-ring (bicyclic) bond motifs is 1. The molecule has 4 rings (SSSR count). The highest BCUT2D eigenvalue weighted by Crippen LogP contribution is 2.29. The molecule has 0 spiro atoms. The fraction of sp³-hybridized carbons (Fsp3) is 0.158. The van der Waals surface area contributed by atoms with Crippen LogP contribution in [0.4, 0.5) is 18.0 Å². The van der Waals surface area contributed by atoms with Crippen molar-refractivity contribution in [3.8, 4) is 0 Å². The van der Waals surface area contributed by atoms with Crippen molar-refractivity contribution in [2.45, 2.75) is 12.7 Å². The zero-order chi connectivity index (χ0) is 23.2. The summed E-state index contributed by atoms with van der Waals surface area (Å²) in [4.78, 5) is 21.0. The number of amides is 1. The fourth-order valence-electron chi connectivity index (χ4n) is 3.34. The van der Waals surface area contributed by atoms with Crippen LogP contribution in [0, 0.1) is 17.5 Å². The van der Waals surface area contributed by atoms with E-state index >= 15 is 0 Å². The van der Waals surface area contributed by atoms with E-state index in [1.165, 1.54) is 22.8 Å². The van der Waals surface area contributed by atoms with Crippen LogP contribution in [0.1, 0.15) is 17.5 Å². The second kappa shape index (κ2) is 7.76. The second-order valence-corrected chi connectivity index (χ2v) is 6.87. The van der Waals surface area contributed by atoms with Gasteiger partial charge in [-0.2, -0.15) is 5.10 Å². The molecular formula is C19H17F3N8O2. The Bertz CT molecular complexity index is 1300. The number of aromatic nitrogens is 3. The second-order valence-electron chi connectivity index (χ2n) is 6.87. The molecule has 3 aromatic rings. The number of carbonyl (C=O) groups is 1. The molecule has 10 nitrogen and oxygen atoms in total. The number of nitrogens with two attached hydrogens (primary N) is 3. The third-order valence-corrected chi connectivity index (χ3v) is 4.89. The SMILES string of the molecule is CN1C(N)=C(OC(N)=O)C(N)=NC1n1nc(Cc2c(F)ccc(F)c2F)c2ncccc21. The van der Waals surface area contributed by atoms with E-state index in [1.807, 2.05) is 0 Å². The lowest BCUT2D eigenvalue weighted by molar-refractivity contribution is 0.170. The number of nitrogens with zero attached hydrogens (tertiary/aromatic N) is 5. The average Bonchev–Trinajstić information content (AvgIpc) is 3.12. The van der Waals surface area contributed by atoms with Crippen molar-refractivity contribution in [2.75, 3.05) is 7.05 Å². The number of pyridine rings is 1. The number of hydrogen-bond acceptors (Lipinski definition) is 8. The number of primary amides is 1. The minimum absolute atomic E-state index is 0.0439. The number of amidine groups is 1. The summed E-state index contributed by atoms with van der Waals surface area (Å²) in [5.74, 6) is -3.86. The summed E-state index contributed by atoms with van der Waals surface area (Å²) in [5, 5.41) is 4.41. The number of halogens is 3. The van der Waals surface area contributed by atoms with Gasteiger partial charge in [0.05, 0.1) is 11.2 Å². The van der Waals surface area contributed by atoms with Crippen LogP contribution in [0.25, 0.3) is 11.0 Å². The van der Waals surface area contributed by atoms with E-state index < -0.39 is 35.4 Å². The molecule has 13 heteroatoms. The number of hydrogen-bond donors (Lipinski definition) is 3. The van der Waals surface area contributed by atoms with Crippen molar-refractivity contribution < 1.29 is 22.7 Å². The quantitative estimate of drug-likeness (QED) is 0.513. The Labute approximate surface area is 178 Å². The molecule has 0 fully saturated rings. The van der Waals surface area contributed by atoms with Gasteiger partial charge in [-0.3, -0.25) is 4.98 Å². The first-order valence-corrected chi connectivity index (χ1v) is 9.17. The number of aliphatic imine (C=N–C) groups is 1. The van der Waals surface area contributed by atoms with Crippen LogP contribution in [0.15, 0.2) is 47.0 Å². The van der Waals surface area contributed by atoms with Gasteiger partial charge in [-0.1, -0.05) is 0 Å². The molecule has 0 saturated carbocycles. The maximum absolute atomic E-state index is 14.2. The van der Waals surface area contributed by atoms with Crippen molar-refractivity contribution in [1.82, 2.24) is 19.7 Å². The molecule has 0 radical (unpaired) electrons. The minimum atomic E-state index is -1.30. The largest absolute Gasteiger partial charge is 0.410 e. The van der Waals surface area contributed by atoms with Crippen molar-refractivity contribution in [3.63, 3.8) is 0 Å². The zero-order valence-corrected chi connectivity index (χ0v) is 16.6. The molecule has 0 saturated heterocycles. The number of carbonyl (C=O) groups excluding carboxylic acids is 1. The van der Waals surface area contributed by atoms with E-state index in [1.54, 1.807) is 12.1 Å². The average molecular weight is 446 g/mol. The molecule has 3 heterocycles. The summed E-state index contributed by atoms with van der Waals surface area (Å²) < 4.78 is 48.3. The van der Waals surface area contributed by atoms with Crippen LogP contribution in [-0.4, -0.2) is 38.6 Å². The number of rotatable bonds is 4. The van der Waals surface area contributed by atoms with Gasteiger partial charge in [-0.25, -0.2) is 27.6 Å². The molecule has 1 amide bonds. The van der Waals surface area contributed by atoms with Gasteiger partial charge in [0.2, 0.25) is 12.0 Å². The summed E-state index contributed by atoms with van der Waals surface area (Å²) in [6.07, 6.45) is -0.959. The van der Waals surface area contributed by atoms with Gasteiger partial charge in [0, 0.05) is 25.2 Å². The Balaban J connectivity index is 1.81. The summed E-state index contributed by atoms with van der Waals surface area (Å²) >= 11 is 0. The first-order chi connectivity index (χ1) is 15.2. The highest BCUT2D eigenvalue weighted by Gasteiger charge is 2.31. The molecule has 1 aliphatic heterocycles. The molecular weight excluding hydrogens is 429 g/mol. The van der Waals surface area contributed by atoms with Crippen LogP contribution >= 0.6 is 0 Å². The minimum Gasteiger partial charge on any atom is -0.403 e. The van der Waals surface area contributed by atoms with Gasteiger partial charge in [-0.05, 0) is 24.3 Å². The van der Waals surface area contributed by atoms with Crippen LogP contribution in [0.3, 0.4) is 0 Å². The summed E-state index contributed by atoms with van der Waals surface area (Å²) in [7, 11) is 1.54. The lowest BCUT2D eigenvalue weighted by Crippen LogP contribution is -2.41. The lowest BCUT2D eigenvalue weighted by atomic mass is 10.1. The van der Waals surface area contributed by atoms with E-state index in [-0.39, 0.29) is 29.5 Å². The monoisotopic (exact) mass is 446 g/mol. The lowest BCUT2D eigenvalue weighted by Gasteiger charge is -2.32.